The summed E-state index contributed by atoms with van der Waals surface area (Å²) in [4.78, 5) is 15.1. The van der Waals surface area contributed by atoms with Crippen molar-refractivity contribution < 1.29 is 19.5 Å². The van der Waals surface area contributed by atoms with E-state index in [1.807, 2.05) is 0 Å². The standard InChI is InChI=1S/C11H16N2O4/c1-16-9-4-2-8(3-5-9)10(14)6-13-17-7-11(12)15/h2-5,10,13-14H,6-7H2,1H3,(H2,12,15). The fourth-order valence-corrected chi connectivity index (χ4v) is 1.20. The molecule has 0 saturated carbocycles. The third-order valence-electron chi connectivity index (χ3n) is 2.09. The van der Waals surface area contributed by atoms with Gasteiger partial charge in [-0.25, -0.2) is 0 Å². The number of nitrogens with one attached hydrogen (secondary N) is 1. The fraction of sp³-hybridized carbons (Fsp3) is 0.364. The SMILES string of the molecule is COc1ccc(C(O)CNOCC(N)=O)cc1. The van der Waals surface area contributed by atoms with Crippen LogP contribution in [0.25, 0.3) is 0 Å². The maximum Gasteiger partial charge on any atom is 0.245 e. The molecule has 0 radical (unpaired) electrons. The van der Waals surface area contributed by atoms with Gasteiger partial charge in [-0.3, -0.25) is 9.63 Å². The Labute approximate surface area is 99.3 Å². The van der Waals surface area contributed by atoms with Gasteiger partial charge in [0.2, 0.25) is 5.91 Å². The normalized spacial score (nSPS) is 12.1. The molecule has 1 atom stereocenters. The second kappa shape index (κ2) is 6.85. The van der Waals surface area contributed by atoms with Gasteiger partial charge in [-0.15, -0.1) is 0 Å². The molecule has 1 rings (SSSR count). The number of nitrogens with two attached hydrogens (primary N) is 1. The molecule has 0 aliphatic heterocycles. The van der Waals surface area contributed by atoms with Crippen molar-refractivity contribution in [3.8, 4) is 5.75 Å². The molecule has 94 valence electrons. The van der Waals surface area contributed by atoms with Crippen LogP contribution in [0.3, 0.4) is 0 Å². The lowest BCUT2D eigenvalue weighted by Crippen LogP contribution is -2.27. The lowest BCUT2D eigenvalue weighted by atomic mass is 10.1. The summed E-state index contributed by atoms with van der Waals surface area (Å²) >= 11 is 0. The van der Waals surface area contributed by atoms with Crippen LogP contribution in [0.1, 0.15) is 11.7 Å². The van der Waals surface area contributed by atoms with Crippen molar-refractivity contribution in [3.63, 3.8) is 0 Å². The van der Waals surface area contributed by atoms with Crippen LogP contribution in [-0.2, 0) is 9.63 Å². The van der Waals surface area contributed by atoms with Gasteiger partial charge < -0.3 is 15.6 Å². The molecule has 0 spiro atoms. The van der Waals surface area contributed by atoms with Gasteiger partial charge in [0.15, 0.2) is 0 Å². The van der Waals surface area contributed by atoms with Crippen LogP contribution in [0.2, 0.25) is 0 Å². The molecule has 17 heavy (non-hydrogen) atoms. The Kier molecular flexibility index (Phi) is 5.41. The quantitative estimate of drug-likeness (QED) is 0.451. The van der Waals surface area contributed by atoms with Crippen LogP contribution in [0.4, 0.5) is 0 Å². The van der Waals surface area contributed by atoms with Crippen molar-refractivity contribution in [3.05, 3.63) is 29.8 Å². The molecule has 1 aromatic rings. The number of rotatable bonds is 7. The van der Waals surface area contributed by atoms with Crippen LogP contribution >= 0.6 is 0 Å². The molecule has 0 aliphatic rings. The van der Waals surface area contributed by atoms with Gasteiger partial charge in [-0.1, -0.05) is 12.1 Å². The zero-order valence-electron chi connectivity index (χ0n) is 9.55. The van der Waals surface area contributed by atoms with Crippen LogP contribution in [-0.4, -0.2) is 31.3 Å². The number of primary amides is 1. The maximum atomic E-state index is 10.4. The van der Waals surface area contributed by atoms with Crippen molar-refractivity contribution in [2.24, 2.45) is 5.73 Å². The predicted octanol–water partition coefficient (Wildman–Crippen LogP) is -0.265. The highest BCUT2D eigenvalue weighted by Gasteiger charge is 2.07. The van der Waals surface area contributed by atoms with E-state index in [-0.39, 0.29) is 13.2 Å². The molecular weight excluding hydrogens is 224 g/mol. The van der Waals surface area contributed by atoms with Gasteiger partial charge in [0, 0.05) is 0 Å². The maximum absolute atomic E-state index is 10.4. The third kappa shape index (κ3) is 4.81. The average molecular weight is 240 g/mol. The highest BCUT2D eigenvalue weighted by atomic mass is 16.6. The number of amides is 1. The lowest BCUT2D eigenvalue weighted by molar-refractivity contribution is -0.125. The first-order valence-corrected chi connectivity index (χ1v) is 5.08. The number of carbonyl (C=O) groups excluding carboxylic acids is 1. The smallest absolute Gasteiger partial charge is 0.245 e. The van der Waals surface area contributed by atoms with Crippen molar-refractivity contribution in [2.45, 2.75) is 6.10 Å². The van der Waals surface area contributed by atoms with Gasteiger partial charge in [0.25, 0.3) is 0 Å². The average Bonchev–Trinajstić information content (AvgIpc) is 2.34. The number of hydrogen-bond acceptors (Lipinski definition) is 5. The van der Waals surface area contributed by atoms with E-state index in [9.17, 15) is 9.90 Å². The first-order chi connectivity index (χ1) is 8.13. The summed E-state index contributed by atoms with van der Waals surface area (Å²) < 4.78 is 5.00. The van der Waals surface area contributed by atoms with E-state index in [2.05, 4.69) is 5.48 Å². The van der Waals surface area contributed by atoms with E-state index in [1.165, 1.54) is 0 Å². The topological polar surface area (TPSA) is 93.8 Å². The lowest BCUT2D eigenvalue weighted by Gasteiger charge is -2.12. The Morgan fingerprint density at radius 2 is 2.12 bits per heavy atom. The Balaban J connectivity index is 2.35. The molecule has 1 aromatic carbocycles. The molecule has 0 saturated heterocycles. The predicted molar refractivity (Wildman–Crippen MR) is 61.1 cm³/mol. The van der Waals surface area contributed by atoms with Crippen molar-refractivity contribution in [2.75, 3.05) is 20.3 Å². The van der Waals surface area contributed by atoms with Gasteiger partial charge in [0.1, 0.15) is 12.4 Å². The summed E-state index contributed by atoms with van der Waals surface area (Å²) in [6.45, 7) is -0.0606. The summed E-state index contributed by atoms with van der Waals surface area (Å²) in [5.74, 6) is 0.148. The molecule has 6 heteroatoms. The number of aliphatic hydroxyl groups is 1. The Hall–Kier alpha value is -1.63. The number of hydroxylamine groups is 1. The molecule has 0 aromatic heterocycles. The van der Waals surface area contributed by atoms with Crippen molar-refractivity contribution in [1.82, 2.24) is 5.48 Å². The minimum atomic E-state index is -0.728. The monoisotopic (exact) mass is 240 g/mol. The molecule has 6 nitrogen and oxygen atoms in total. The largest absolute Gasteiger partial charge is 0.497 e. The summed E-state index contributed by atoms with van der Waals surface area (Å²) in [6.07, 6.45) is -0.728. The van der Waals surface area contributed by atoms with Crippen LogP contribution in [0.15, 0.2) is 24.3 Å². The van der Waals surface area contributed by atoms with E-state index in [1.54, 1.807) is 31.4 Å². The molecule has 4 N–H and O–H groups in total. The van der Waals surface area contributed by atoms with Crippen molar-refractivity contribution in [1.29, 1.82) is 0 Å². The van der Waals surface area contributed by atoms with E-state index in [4.69, 9.17) is 15.3 Å². The third-order valence-corrected chi connectivity index (χ3v) is 2.09. The fourth-order valence-electron chi connectivity index (χ4n) is 1.20. The summed E-state index contributed by atoms with van der Waals surface area (Å²) in [5.41, 5.74) is 8.06. The van der Waals surface area contributed by atoms with E-state index >= 15 is 0 Å². The summed E-state index contributed by atoms with van der Waals surface area (Å²) in [6, 6.07) is 7.00. The first kappa shape index (κ1) is 13.4. The number of aliphatic hydroxyl groups excluding tert-OH is 1. The van der Waals surface area contributed by atoms with Crippen LogP contribution < -0.4 is 16.0 Å². The molecule has 0 heterocycles. The second-order valence-electron chi connectivity index (χ2n) is 3.39. The van der Waals surface area contributed by atoms with Gasteiger partial charge >= 0.3 is 0 Å². The molecular formula is C11H16N2O4. The number of methoxy groups -OCH3 is 1. The highest BCUT2D eigenvalue weighted by Crippen LogP contribution is 2.16. The van der Waals surface area contributed by atoms with E-state index in [0.29, 0.717) is 0 Å². The minimum absolute atomic E-state index is 0.166. The summed E-state index contributed by atoms with van der Waals surface area (Å²) in [5, 5.41) is 9.75. The molecule has 0 fully saturated rings. The number of ether oxygens (including phenoxy) is 1. The van der Waals surface area contributed by atoms with Crippen LogP contribution in [0.5, 0.6) is 5.75 Å². The number of hydrogen-bond donors (Lipinski definition) is 3. The molecule has 1 amide bonds. The summed E-state index contributed by atoms with van der Waals surface area (Å²) in [7, 11) is 1.57. The number of carbonyl (C=O) groups is 1. The van der Waals surface area contributed by atoms with Gasteiger partial charge in [-0.05, 0) is 17.7 Å². The Morgan fingerprint density at radius 1 is 1.47 bits per heavy atom. The second-order valence-corrected chi connectivity index (χ2v) is 3.39. The Bertz CT molecular complexity index is 353. The number of benzene rings is 1. The zero-order valence-corrected chi connectivity index (χ0v) is 9.55. The van der Waals surface area contributed by atoms with Crippen molar-refractivity contribution >= 4 is 5.91 Å². The Morgan fingerprint density at radius 3 is 2.65 bits per heavy atom. The molecule has 0 bridgehead atoms. The van der Waals surface area contributed by atoms with Gasteiger partial charge in [0.05, 0.1) is 19.8 Å². The molecule has 0 aliphatic carbocycles. The minimum Gasteiger partial charge on any atom is -0.497 e. The zero-order chi connectivity index (χ0) is 12.7. The van der Waals surface area contributed by atoms with E-state index < -0.39 is 12.0 Å². The van der Waals surface area contributed by atoms with Crippen LogP contribution in [0, 0.1) is 0 Å². The first-order valence-electron chi connectivity index (χ1n) is 5.08. The molecule has 1 unspecified atom stereocenters. The van der Waals surface area contributed by atoms with Gasteiger partial charge in [-0.2, -0.15) is 5.48 Å². The van der Waals surface area contributed by atoms with E-state index in [0.717, 1.165) is 11.3 Å². The highest BCUT2D eigenvalue weighted by molar-refractivity contribution is 5.74.